The van der Waals surface area contributed by atoms with Gasteiger partial charge in [-0.05, 0) is 0 Å². The van der Waals surface area contributed by atoms with Crippen LogP contribution in [0.2, 0.25) is 10.3 Å². The Balaban J connectivity index is 2.26. The van der Waals surface area contributed by atoms with Crippen molar-refractivity contribution in [1.82, 2.24) is 14.9 Å². The maximum Gasteiger partial charge on any atom is 0.222 e. The fraction of sp³-hybridized carbons (Fsp3) is 0.429. The van der Waals surface area contributed by atoms with Crippen LogP contribution in [-0.2, 0) is 4.79 Å². The van der Waals surface area contributed by atoms with Gasteiger partial charge in [0.15, 0.2) is 5.15 Å². The van der Waals surface area contributed by atoms with Gasteiger partial charge >= 0.3 is 0 Å². The minimum absolute atomic E-state index is 0.0332. The van der Waals surface area contributed by atoms with Crippen LogP contribution in [0.15, 0.2) is 6.33 Å². The molecule has 1 aromatic heterocycles. The quantitative estimate of drug-likeness (QED) is 0.774. The van der Waals surface area contributed by atoms with Crippen molar-refractivity contribution in [2.24, 2.45) is 0 Å². The summed E-state index contributed by atoms with van der Waals surface area (Å²) < 4.78 is 1.71. The highest BCUT2D eigenvalue weighted by Crippen LogP contribution is 2.26. The third-order valence-electron chi connectivity index (χ3n) is 2.04. The van der Waals surface area contributed by atoms with Crippen LogP contribution in [0.4, 0.5) is 0 Å². The Bertz CT molecular complexity index is 350. The maximum absolute atomic E-state index is 10.9. The smallest absolute Gasteiger partial charge is 0.222 e. The van der Waals surface area contributed by atoms with Gasteiger partial charge in [-0.1, -0.05) is 23.2 Å². The van der Waals surface area contributed by atoms with Crippen molar-refractivity contribution in [3.63, 3.8) is 0 Å². The Morgan fingerprint density at radius 3 is 2.85 bits per heavy atom. The van der Waals surface area contributed by atoms with Crippen molar-refractivity contribution in [3.05, 3.63) is 16.6 Å². The molecular formula is C7H7Cl2N3O. The first-order chi connectivity index (χ1) is 6.18. The van der Waals surface area contributed by atoms with E-state index in [-0.39, 0.29) is 17.1 Å². The topological polar surface area (TPSA) is 46.9 Å². The highest BCUT2D eigenvalue weighted by Gasteiger charge is 2.25. The minimum atomic E-state index is 0.0332. The van der Waals surface area contributed by atoms with Crippen LogP contribution in [0.3, 0.4) is 0 Å². The lowest BCUT2D eigenvalue weighted by atomic mass is 10.2. The molecule has 2 rings (SSSR count). The largest absolute Gasteiger partial charge is 0.354 e. The molecule has 0 aromatic carbocycles. The van der Waals surface area contributed by atoms with E-state index in [1.54, 1.807) is 10.9 Å². The normalized spacial score (nSPS) is 22.0. The lowest BCUT2D eigenvalue weighted by Crippen LogP contribution is -2.15. The van der Waals surface area contributed by atoms with Gasteiger partial charge in [0.2, 0.25) is 5.91 Å². The lowest BCUT2D eigenvalue weighted by Gasteiger charge is -2.09. The van der Waals surface area contributed by atoms with Gasteiger partial charge < -0.3 is 9.88 Å². The first-order valence-electron chi connectivity index (χ1n) is 3.83. The molecule has 0 spiro atoms. The van der Waals surface area contributed by atoms with Crippen LogP contribution < -0.4 is 5.32 Å². The number of hydrogen-bond acceptors (Lipinski definition) is 2. The van der Waals surface area contributed by atoms with Crippen LogP contribution in [0.5, 0.6) is 0 Å². The fourth-order valence-electron chi connectivity index (χ4n) is 1.36. The summed E-state index contributed by atoms with van der Waals surface area (Å²) in [7, 11) is 0. The van der Waals surface area contributed by atoms with Gasteiger partial charge in [-0.2, -0.15) is 0 Å². The highest BCUT2D eigenvalue weighted by molar-refractivity contribution is 6.40. The van der Waals surface area contributed by atoms with Gasteiger partial charge in [-0.25, -0.2) is 4.98 Å². The summed E-state index contributed by atoms with van der Waals surface area (Å²) in [6.07, 6.45) is 1.99. The van der Waals surface area contributed by atoms with E-state index >= 15 is 0 Å². The Morgan fingerprint density at radius 2 is 2.38 bits per heavy atom. The molecule has 2 heterocycles. The number of carbonyl (C=O) groups excluding carboxylic acids is 1. The molecule has 1 fully saturated rings. The molecule has 0 aliphatic carbocycles. The van der Waals surface area contributed by atoms with Crippen molar-refractivity contribution < 1.29 is 4.79 Å². The van der Waals surface area contributed by atoms with Gasteiger partial charge in [0, 0.05) is 13.0 Å². The minimum Gasteiger partial charge on any atom is -0.354 e. The Hall–Kier alpha value is -0.740. The van der Waals surface area contributed by atoms with Crippen LogP contribution in [-0.4, -0.2) is 22.0 Å². The van der Waals surface area contributed by atoms with Crippen molar-refractivity contribution in [2.45, 2.75) is 12.5 Å². The van der Waals surface area contributed by atoms with E-state index in [2.05, 4.69) is 10.3 Å². The average molecular weight is 220 g/mol. The highest BCUT2D eigenvalue weighted by atomic mass is 35.5. The summed E-state index contributed by atoms with van der Waals surface area (Å²) in [6.45, 7) is 0.589. The molecule has 1 aliphatic rings. The average Bonchev–Trinajstić information content (AvgIpc) is 2.62. The first kappa shape index (κ1) is 8.84. The van der Waals surface area contributed by atoms with E-state index in [0.717, 1.165) is 0 Å². The third-order valence-corrected chi connectivity index (χ3v) is 2.79. The van der Waals surface area contributed by atoms with Gasteiger partial charge in [-0.15, -0.1) is 0 Å². The Kier molecular flexibility index (Phi) is 2.17. The zero-order valence-corrected chi connectivity index (χ0v) is 8.14. The van der Waals surface area contributed by atoms with Crippen LogP contribution in [0, 0.1) is 0 Å². The van der Waals surface area contributed by atoms with Crippen LogP contribution in [0.1, 0.15) is 12.5 Å². The van der Waals surface area contributed by atoms with Gasteiger partial charge in [0.05, 0.1) is 12.4 Å². The SMILES string of the molecule is O=C1CC(n2cnc(Cl)c2Cl)CN1. The van der Waals surface area contributed by atoms with Crippen molar-refractivity contribution in [1.29, 1.82) is 0 Å². The molecule has 1 unspecified atom stereocenters. The molecule has 1 saturated heterocycles. The number of aromatic nitrogens is 2. The fourth-order valence-corrected chi connectivity index (χ4v) is 1.74. The van der Waals surface area contributed by atoms with Crippen molar-refractivity contribution >= 4 is 29.1 Å². The van der Waals surface area contributed by atoms with E-state index in [4.69, 9.17) is 23.2 Å². The molecule has 1 atom stereocenters. The van der Waals surface area contributed by atoms with E-state index < -0.39 is 0 Å². The third kappa shape index (κ3) is 1.51. The second kappa shape index (κ2) is 3.20. The number of nitrogens with zero attached hydrogens (tertiary/aromatic N) is 2. The van der Waals surface area contributed by atoms with E-state index in [0.29, 0.717) is 18.1 Å². The summed E-state index contributed by atoms with van der Waals surface area (Å²) in [5, 5.41) is 3.39. The monoisotopic (exact) mass is 219 g/mol. The molecule has 70 valence electrons. The molecule has 1 aromatic rings. The Labute approximate surface area is 84.8 Å². The maximum atomic E-state index is 10.9. The second-order valence-corrected chi connectivity index (χ2v) is 3.61. The molecule has 1 N–H and O–H groups in total. The van der Waals surface area contributed by atoms with Gasteiger partial charge in [0.25, 0.3) is 0 Å². The molecule has 0 radical (unpaired) electrons. The van der Waals surface area contributed by atoms with Gasteiger partial charge in [-0.3, -0.25) is 4.79 Å². The zero-order chi connectivity index (χ0) is 9.42. The van der Waals surface area contributed by atoms with Gasteiger partial charge in [0.1, 0.15) is 5.15 Å². The molecular weight excluding hydrogens is 213 g/mol. The summed E-state index contributed by atoms with van der Waals surface area (Å²) >= 11 is 11.5. The summed E-state index contributed by atoms with van der Waals surface area (Å²) in [6, 6.07) is 0.0417. The molecule has 6 heteroatoms. The van der Waals surface area contributed by atoms with Crippen molar-refractivity contribution in [2.75, 3.05) is 6.54 Å². The number of amides is 1. The summed E-state index contributed by atoms with van der Waals surface area (Å²) in [5.74, 6) is 0.0332. The molecule has 13 heavy (non-hydrogen) atoms. The van der Waals surface area contributed by atoms with E-state index in [9.17, 15) is 4.79 Å². The number of carbonyl (C=O) groups is 1. The summed E-state index contributed by atoms with van der Waals surface area (Å²) in [4.78, 5) is 14.8. The summed E-state index contributed by atoms with van der Waals surface area (Å²) in [5.41, 5.74) is 0. The van der Waals surface area contributed by atoms with Crippen LogP contribution >= 0.6 is 23.2 Å². The first-order valence-corrected chi connectivity index (χ1v) is 4.58. The van der Waals surface area contributed by atoms with E-state index in [1.165, 1.54) is 0 Å². The zero-order valence-electron chi connectivity index (χ0n) is 6.63. The number of nitrogens with one attached hydrogen (secondary N) is 1. The predicted molar refractivity (Wildman–Crippen MR) is 48.9 cm³/mol. The molecule has 4 nitrogen and oxygen atoms in total. The van der Waals surface area contributed by atoms with Crippen LogP contribution in [0.25, 0.3) is 0 Å². The van der Waals surface area contributed by atoms with Crippen molar-refractivity contribution in [3.8, 4) is 0 Å². The number of imidazole rings is 1. The molecule has 1 amide bonds. The molecule has 1 aliphatic heterocycles. The second-order valence-electron chi connectivity index (χ2n) is 2.90. The lowest BCUT2D eigenvalue weighted by molar-refractivity contribution is -0.119. The predicted octanol–water partition coefficient (Wildman–Crippen LogP) is 1.25. The van der Waals surface area contributed by atoms with E-state index in [1.807, 2.05) is 0 Å². The number of halogens is 2. The molecule has 0 saturated carbocycles. The number of rotatable bonds is 1. The Morgan fingerprint density at radius 1 is 1.62 bits per heavy atom. The standard InChI is InChI=1S/C7H7Cl2N3O/c8-6-7(9)12(3-11-6)4-1-5(13)10-2-4/h3-4H,1-2H2,(H,10,13). The molecule has 0 bridgehead atoms. The number of hydrogen-bond donors (Lipinski definition) is 1.